The minimum atomic E-state index is -0.263. The van der Waals surface area contributed by atoms with E-state index in [-0.39, 0.29) is 5.82 Å². The van der Waals surface area contributed by atoms with Crippen LogP contribution in [0.1, 0.15) is 0 Å². The number of aromatic nitrogens is 2. The molecule has 3 nitrogen and oxygen atoms in total. The molecule has 0 aliphatic rings. The summed E-state index contributed by atoms with van der Waals surface area (Å²) in [5, 5.41) is 4.36. The molecule has 0 aliphatic heterocycles. The lowest BCUT2D eigenvalue weighted by Gasteiger charge is -2.11. The average molecular weight is 282 g/mol. The van der Waals surface area contributed by atoms with Crippen molar-refractivity contribution in [2.24, 2.45) is 7.05 Å². The second kappa shape index (κ2) is 5.40. The van der Waals surface area contributed by atoms with Crippen molar-refractivity contribution in [3.05, 3.63) is 60.5 Å². The molecule has 21 heavy (non-hydrogen) atoms. The first kappa shape index (κ1) is 13.4. The lowest BCUT2D eigenvalue weighted by molar-refractivity contribution is 0.416. The zero-order chi connectivity index (χ0) is 14.8. The lowest BCUT2D eigenvalue weighted by Crippen LogP contribution is -1.92. The fraction of sp³-hybridized carbons (Fsp3) is 0.118. The first-order chi connectivity index (χ1) is 10.2. The van der Waals surface area contributed by atoms with Gasteiger partial charge >= 0.3 is 0 Å². The van der Waals surface area contributed by atoms with Crippen molar-refractivity contribution in [3.63, 3.8) is 0 Å². The van der Waals surface area contributed by atoms with Gasteiger partial charge in [0.15, 0.2) is 0 Å². The summed E-state index contributed by atoms with van der Waals surface area (Å²) >= 11 is 0. The van der Waals surface area contributed by atoms with E-state index in [2.05, 4.69) is 5.10 Å². The predicted molar refractivity (Wildman–Crippen MR) is 80.6 cm³/mol. The SMILES string of the molecule is COc1cc(-c2ccn(C)n2)ccc1-c1ccccc1F. The van der Waals surface area contributed by atoms with E-state index in [9.17, 15) is 4.39 Å². The molecule has 4 heteroatoms. The Kier molecular flexibility index (Phi) is 3.44. The van der Waals surface area contributed by atoms with Gasteiger partial charge in [0.05, 0.1) is 12.8 Å². The molecule has 0 N–H and O–H groups in total. The van der Waals surface area contributed by atoms with Crippen molar-refractivity contribution in [2.45, 2.75) is 0 Å². The third-order valence-corrected chi connectivity index (χ3v) is 3.37. The molecule has 2 aromatic carbocycles. The first-order valence-corrected chi connectivity index (χ1v) is 6.62. The maximum atomic E-state index is 13.9. The number of ether oxygens (including phenoxy) is 1. The molecule has 0 saturated carbocycles. The van der Waals surface area contributed by atoms with Gasteiger partial charge in [-0.05, 0) is 24.3 Å². The van der Waals surface area contributed by atoms with Gasteiger partial charge in [-0.2, -0.15) is 5.10 Å². The molecular formula is C17H15FN2O. The second-order valence-electron chi connectivity index (χ2n) is 4.77. The second-order valence-corrected chi connectivity index (χ2v) is 4.77. The molecule has 1 aromatic heterocycles. The summed E-state index contributed by atoms with van der Waals surface area (Å²) in [4.78, 5) is 0. The summed E-state index contributed by atoms with van der Waals surface area (Å²) in [6.45, 7) is 0. The van der Waals surface area contributed by atoms with Crippen LogP contribution >= 0.6 is 0 Å². The molecule has 3 rings (SSSR count). The largest absolute Gasteiger partial charge is 0.496 e. The molecule has 0 amide bonds. The predicted octanol–water partition coefficient (Wildman–Crippen LogP) is 3.90. The fourth-order valence-corrected chi connectivity index (χ4v) is 2.32. The van der Waals surface area contributed by atoms with Gasteiger partial charge < -0.3 is 4.74 Å². The molecular weight excluding hydrogens is 267 g/mol. The smallest absolute Gasteiger partial charge is 0.131 e. The highest BCUT2D eigenvalue weighted by Crippen LogP contribution is 2.34. The van der Waals surface area contributed by atoms with Gasteiger partial charge in [0.2, 0.25) is 0 Å². The van der Waals surface area contributed by atoms with Gasteiger partial charge in [-0.15, -0.1) is 0 Å². The monoisotopic (exact) mass is 282 g/mol. The number of nitrogens with zero attached hydrogens (tertiary/aromatic N) is 2. The highest BCUT2D eigenvalue weighted by molar-refractivity contribution is 5.75. The summed E-state index contributed by atoms with van der Waals surface area (Å²) in [7, 11) is 3.45. The van der Waals surface area contributed by atoms with Crippen molar-refractivity contribution < 1.29 is 9.13 Å². The molecule has 0 fully saturated rings. The third kappa shape index (κ3) is 2.52. The van der Waals surface area contributed by atoms with Crippen LogP contribution in [0.4, 0.5) is 4.39 Å². The maximum absolute atomic E-state index is 13.9. The lowest BCUT2D eigenvalue weighted by atomic mass is 10.0. The Hall–Kier alpha value is -2.62. The van der Waals surface area contributed by atoms with E-state index in [1.807, 2.05) is 43.6 Å². The number of methoxy groups -OCH3 is 1. The van der Waals surface area contributed by atoms with E-state index >= 15 is 0 Å². The number of hydrogen-bond acceptors (Lipinski definition) is 2. The Labute approximate surface area is 122 Å². The Balaban J connectivity index is 2.10. The molecule has 0 unspecified atom stereocenters. The molecule has 0 spiro atoms. The number of aryl methyl sites for hydroxylation is 1. The van der Waals surface area contributed by atoms with Gasteiger partial charge in [0.25, 0.3) is 0 Å². The summed E-state index contributed by atoms with van der Waals surface area (Å²) in [6.07, 6.45) is 1.88. The van der Waals surface area contributed by atoms with Crippen LogP contribution in [0, 0.1) is 5.82 Å². The molecule has 0 aliphatic carbocycles. The minimum absolute atomic E-state index is 0.263. The van der Waals surface area contributed by atoms with Crippen LogP contribution in [0.25, 0.3) is 22.4 Å². The van der Waals surface area contributed by atoms with Gasteiger partial charge in [-0.25, -0.2) is 4.39 Å². The highest BCUT2D eigenvalue weighted by Gasteiger charge is 2.12. The van der Waals surface area contributed by atoms with Gasteiger partial charge in [0, 0.05) is 29.9 Å². The van der Waals surface area contributed by atoms with E-state index in [1.54, 1.807) is 23.9 Å². The Morgan fingerprint density at radius 2 is 1.86 bits per heavy atom. The molecule has 106 valence electrons. The van der Waals surface area contributed by atoms with Crippen LogP contribution < -0.4 is 4.74 Å². The summed E-state index contributed by atoms with van der Waals surface area (Å²) in [6, 6.07) is 14.3. The molecule has 0 saturated heterocycles. The van der Waals surface area contributed by atoms with E-state index in [1.165, 1.54) is 6.07 Å². The van der Waals surface area contributed by atoms with Gasteiger partial charge in [-0.3, -0.25) is 4.68 Å². The summed E-state index contributed by atoms with van der Waals surface area (Å²) < 4.78 is 21.1. The molecule has 0 atom stereocenters. The average Bonchev–Trinajstić information content (AvgIpc) is 2.94. The van der Waals surface area contributed by atoms with Crippen LogP contribution in [0.2, 0.25) is 0 Å². The molecule has 0 bridgehead atoms. The Morgan fingerprint density at radius 1 is 1.05 bits per heavy atom. The van der Waals surface area contributed by atoms with Crippen molar-refractivity contribution >= 4 is 0 Å². The van der Waals surface area contributed by atoms with Crippen molar-refractivity contribution in [3.8, 4) is 28.1 Å². The Bertz CT molecular complexity index is 780. The summed E-state index contributed by atoms with van der Waals surface area (Å²) in [5.74, 6) is 0.365. The fourth-order valence-electron chi connectivity index (χ4n) is 2.32. The van der Waals surface area contributed by atoms with E-state index in [0.717, 1.165) is 16.8 Å². The number of halogens is 1. The van der Waals surface area contributed by atoms with Gasteiger partial charge in [0.1, 0.15) is 11.6 Å². The standard InChI is InChI=1S/C17H15FN2O/c1-20-10-9-16(19-20)12-7-8-14(17(11-12)21-2)13-5-3-4-6-15(13)18/h3-11H,1-2H3. The van der Waals surface area contributed by atoms with Crippen LogP contribution in [-0.4, -0.2) is 16.9 Å². The molecule has 3 aromatic rings. The zero-order valence-corrected chi connectivity index (χ0v) is 11.9. The normalized spacial score (nSPS) is 10.6. The third-order valence-electron chi connectivity index (χ3n) is 3.37. The van der Waals surface area contributed by atoms with Crippen LogP contribution in [0.5, 0.6) is 5.75 Å². The number of rotatable bonds is 3. The van der Waals surface area contributed by atoms with Crippen molar-refractivity contribution in [1.29, 1.82) is 0 Å². The number of benzene rings is 2. The summed E-state index contributed by atoms with van der Waals surface area (Å²) in [5.41, 5.74) is 3.06. The van der Waals surface area contributed by atoms with Crippen molar-refractivity contribution in [2.75, 3.05) is 7.11 Å². The highest BCUT2D eigenvalue weighted by atomic mass is 19.1. The van der Waals surface area contributed by atoms with E-state index < -0.39 is 0 Å². The Morgan fingerprint density at radius 3 is 2.52 bits per heavy atom. The van der Waals surface area contributed by atoms with Crippen LogP contribution in [0.3, 0.4) is 0 Å². The topological polar surface area (TPSA) is 27.1 Å². The molecule has 1 heterocycles. The van der Waals surface area contributed by atoms with E-state index in [4.69, 9.17) is 4.74 Å². The van der Waals surface area contributed by atoms with Crippen molar-refractivity contribution in [1.82, 2.24) is 9.78 Å². The van der Waals surface area contributed by atoms with E-state index in [0.29, 0.717) is 11.3 Å². The van der Waals surface area contributed by atoms with Crippen LogP contribution in [-0.2, 0) is 7.05 Å². The minimum Gasteiger partial charge on any atom is -0.496 e. The van der Waals surface area contributed by atoms with Crippen LogP contribution in [0.15, 0.2) is 54.7 Å². The molecule has 0 radical (unpaired) electrons. The van der Waals surface area contributed by atoms with Gasteiger partial charge in [-0.1, -0.05) is 24.3 Å². The quantitative estimate of drug-likeness (QED) is 0.728. The maximum Gasteiger partial charge on any atom is 0.131 e. The number of hydrogen-bond donors (Lipinski definition) is 0. The first-order valence-electron chi connectivity index (χ1n) is 6.62. The zero-order valence-electron chi connectivity index (χ0n) is 11.9.